The lowest BCUT2D eigenvalue weighted by Gasteiger charge is -2.11. The van der Waals surface area contributed by atoms with Gasteiger partial charge in [-0.2, -0.15) is 5.10 Å². The molecule has 0 fully saturated rings. The topological polar surface area (TPSA) is 44.1 Å². The molecule has 0 radical (unpaired) electrons. The summed E-state index contributed by atoms with van der Waals surface area (Å²) in [6.07, 6.45) is 0.975. The van der Waals surface area contributed by atoms with Crippen molar-refractivity contribution in [3.8, 4) is 0 Å². The van der Waals surface area contributed by atoms with Gasteiger partial charge in [0.15, 0.2) is 0 Å². The Kier molecular flexibility index (Phi) is 3.50. The van der Waals surface area contributed by atoms with E-state index in [2.05, 4.69) is 18.9 Å². The highest BCUT2D eigenvalue weighted by Crippen LogP contribution is 2.25. The van der Waals surface area contributed by atoms with Gasteiger partial charge in [-0.1, -0.05) is 13.8 Å². The molecule has 0 spiro atoms. The molecule has 15 heavy (non-hydrogen) atoms. The highest BCUT2D eigenvalue weighted by atomic mass is 16.5. The van der Waals surface area contributed by atoms with Crippen molar-refractivity contribution in [3.63, 3.8) is 0 Å². The molecule has 0 amide bonds. The van der Waals surface area contributed by atoms with Gasteiger partial charge in [0.25, 0.3) is 0 Å². The number of hydrogen-bond acceptors (Lipinski definition) is 3. The van der Waals surface area contributed by atoms with E-state index in [0.29, 0.717) is 11.5 Å². The quantitative estimate of drug-likeness (QED) is 0.717. The molecular formula is C11H18N2O2. The van der Waals surface area contributed by atoms with Gasteiger partial charge in [-0.15, -0.1) is 0 Å². The Morgan fingerprint density at radius 3 is 2.67 bits per heavy atom. The van der Waals surface area contributed by atoms with E-state index in [-0.39, 0.29) is 5.97 Å². The highest BCUT2D eigenvalue weighted by molar-refractivity contribution is 5.92. The van der Waals surface area contributed by atoms with Crippen molar-refractivity contribution in [3.05, 3.63) is 17.0 Å². The van der Waals surface area contributed by atoms with Crippen molar-refractivity contribution in [1.29, 1.82) is 0 Å². The standard InChI is InChI=1S/C11H18N2O2/c1-6-7(2)10-9(11(14)15-5)8(3)12-13(10)4/h7H,6H2,1-5H3. The number of aromatic nitrogens is 2. The third-order valence-electron chi connectivity index (χ3n) is 2.74. The molecule has 84 valence electrons. The van der Waals surface area contributed by atoms with Crippen LogP contribution in [0.25, 0.3) is 0 Å². The minimum absolute atomic E-state index is 0.295. The molecule has 1 atom stereocenters. The molecule has 0 aliphatic rings. The van der Waals surface area contributed by atoms with Gasteiger partial charge >= 0.3 is 5.97 Å². The molecule has 0 bridgehead atoms. The molecule has 1 heterocycles. The summed E-state index contributed by atoms with van der Waals surface area (Å²) in [5.41, 5.74) is 2.32. The van der Waals surface area contributed by atoms with Crippen LogP contribution in [-0.4, -0.2) is 22.9 Å². The second-order valence-corrected chi connectivity index (χ2v) is 3.77. The van der Waals surface area contributed by atoms with Crippen LogP contribution in [-0.2, 0) is 11.8 Å². The Bertz CT molecular complexity index is 369. The van der Waals surface area contributed by atoms with E-state index in [0.717, 1.165) is 17.8 Å². The van der Waals surface area contributed by atoms with Crippen LogP contribution in [0.4, 0.5) is 0 Å². The van der Waals surface area contributed by atoms with Gasteiger partial charge < -0.3 is 4.74 Å². The minimum atomic E-state index is -0.295. The smallest absolute Gasteiger partial charge is 0.341 e. The number of methoxy groups -OCH3 is 1. The maximum Gasteiger partial charge on any atom is 0.341 e. The Hall–Kier alpha value is -1.32. The molecule has 1 unspecified atom stereocenters. The second-order valence-electron chi connectivity index (χ2n) is 3.77. The van der Waals surface area contributed by atoms with Crippen molar-refractivity contribution >= 4 is 5.97 Å². The lowest BCUT2D eigenvalue weighted by Crippen LogP contribution is -2.10. The number of ether oxygens (including phenoxy) is 1. The van der Waals surface area contributed by atoms with Crippen LogP contribution in [0.5, 0.6) is 0 Å². The molecule has 4 heteroatoms. The van der Waals surface area contributed by atoms with Crippen molar-refractivity contribution in [2.75, 3.05) is 7.11 Å². The fourth-order valence-electron chi connectivity index (χ4n) is 1.79. The minimum Gasteiger partial charge on any atom is -0.465 e. The zero-order chi connectivity index (χ0) is 11.6. The third-order valence-corrected chi connectivity index (χ3v) is 2.74. The first-order chi connectivity index (χ1) is 7.02. The van der Waals surface area contributed by atoms with Crippen LogP contribution in [0.2, 0.25) is 0 Å². The molecule has 4 nitrogen and oxygen atoms in total. The Balaban J connectivity index is 3.29. The zero-order valence-electron chi connectivity index (χ0n) is 10.00. The van der Waals surface area contributed by atoms with Gasteiger partial charge in [0.1, 0.15) is 5.56 Å². The number of carbonyl (C=O) groups is 1. The molecule has 0 saturated carbocycles. The van der Waals surface area contributed by atoms with E-state index in [9.17, 15) is 4.79 Å². The number of rotatable bonds is 3. The maximum absolute atomic E-state index is 11.6. The van der Waals surface area contributed by atoms with E-state index < -0.39 is 0 Å². The molecule has 0 saturated heterocycles. The third kappa shape index (κ3) is 2.03. The van der Waals surface area contributed by atoms with Crippen molar-refractivity contribution in [1.82, 2.24) is 9.78 Å². The molecule has 0 aliphatic carbocycles. The van der Waals surface area contributed by atoms with E-state index in [1.807, 2.05) is 14.0 Å². The van der Waals surface area contributed by atoms with Crippen LogP contribution >= 0.6 is 0 Å². The van der Waals surface area contributed by atoms with Crippen molar-refractivity contribution in [2.45, 2.75) is 33.1 Å². The van der Waals surface area contributed by atoms with Gasteiger partial charge in [0.2, 0.25) is 0 Å². The normalized spacial score (nSPS) is 12.6. The maximum atomic E-state index is 11.6. The molecule has 1 aromatic rings. The Labute approximate surface area is 90.2 Å². The largest absolute Gasteiger partial charge is 0.465 e. The van der Waals surface area contributed by atoms with Crippen molar-refractivity contribution < 1.29 is 9.53 Å². The predicted octanol–water partition coefficient (Wildman–Crippen LogP) is 2.03. The first kappa shape index (κ1) is 11.8. The van der Waals surface area contributed by atoms with Gasteiger partial charge in [-0.05, 0) is 19.3 Å². The summed E-state index contributed by atoms with van der Waals surface area (Å²) >= 11 is 0. The van der Waals surface area contributed by atoms with Gasteiger partial charge in [0.05, 0.1) is 18.5 Å². The molecule has 1 aromatic heterocycles. The summed E-state index contributed by atoms with van der Waals surface area (Å²) in [6.45, 7) is 6.01. The molecule has 1 rings (SSSR count). The first-order valence-corrected chi connectivity index (χ1v) is 5.14. The summed E-state index contributed by atoms with van der Waals surface area (Å²) < 4.78 is 6.55. The van der Waals surface area contributed by atoms with Crippen LogP contribution in [0, 0.1) is 6.92 Å². The average Bonchev–Trinajstić information content (AvgIpc) is 2.51. The zero-order valence-corrected chi connectivity index (χ0v) is 10.00. The monoisotopic (exact) mass is 210 g/mol. The summed E-state index contributed by atoms with van der Waals surface area (Å²) in [5, 5.41) is 4.26. The summed E-state index contributed by atoms with van der Waals surface area (Å²) in [4.78, 5) is 11.6. The molecule has 0 aliphatic heterocycles. The predicted molar refractivity (Wildman–Crippen MR) is 58.0 cm³/mol. The van der Waals surface area contributed by atoms with Crippen LogP contribution in [0.15, 0.2) is 0 Å². The number of aryl methyl sites for hydroxylation is 2. The number of hydrogen-bond donors (Lipinski definition) is 0. The van der Waals surface area contributed by atoms with E-state index >= 15 is 0 Å². The SMILES string of the molecule is CCC(C)c1c(C(=O)OC)c(C)nn1C. The van der Waals surface area contributed by atoms with E-state index in [1.54, 1.807) is 4.68 Å². The van der Waals surface area contributed by atoms with Gasteiger partial charge in [-0.3, -0.25) is 4.68 Å². The molecule has 0 aromatic carbocycles. The van der Waals surface area contributed by atoms with Crippen LogP contribution in [0.3, 0.4) is 0 Å². The Morgan fingerprint density at radius 1 is 1.60 bits per heavy atom. The highest BCUT2D eigenvalue weighted by Gasteiger charge is 2.23. The van der Waals surface area contributed by atoms with E-state index in [1.165, 1.54) is 7.11 Å². The summed E-state index contributed by atoms with van der Waals surface area (Å²) in [5.74, 6) is 0.0150. The van der Waals surface area contributed by atoms with Crippen LogP contribution in [0.1, 0.15) is 47.9 Å². The second kappa shape index (κ2) is 4.47. The summed E-state index contributed by atoms with van der Waals surface area (Å²) in [6, 6.07) is 0. The Morgan fingerprint density at radius 2 is 2.20 bits per heavy atom. The summed E-state index contributed by atoms with van der Waals surface area (Å²) in [7, 11) is 3.26. The van der Waals surface area contributed by atoms with Crippen molar-refractivity contribution in [2.24, 2.45) is 7.05 Å². The molecular weight excluding hydrogens is 192 g/mol. The fourth-order valence-corrected chi connectivity index (χ4v) is 1.79. The average molecular weight is 210 g/mol. The number of nitrogens with zero attached hydrogens (tertiary/aromatic N) is 2. The lowest BCUT2D eigenvalue weighted by atomic mass is 10.00. The van der Waals surface area contributed by atoms with Gasteiger partial charge in [-0.25, -0.2) is 4.79 Å². The molecule has 0 N–H and O–H groups in total. The van der Waals surface area contributed by atoms with Crippen LogP contribution < -0.4 is 0 Å². The number of esters is 1. The fraction of sp³-hybridized carbons (Fsp3) is 0.636. The first-order valence-electron chi connectivity index (χ1n) is 5.14. The lowest BCUT2D eigenvalue weighted by molar-refractivity contribution is 0.0598. The van der Waals surface area contributed by atoms with Gasteiger partial charge in [0, 0.05) is 7.05 Å². The van der Waals surface area contributed by atoms with E-state index in [4.69, 9.17) is 4.74 Å². The number of carbonyl (C=O) groups excluding carboxylic acids is 1.